The minimum atomic E-state index is -0.360. The predicted octanol–water partition coefficient (Wildman–Crippen LogP) is 0.361. The van der Waals surface area contributed by atoms with Gasteiger partial charge in [-0.15, -0.1) is 0 Å². The molecule has 0 radical (unpaired) electrons. The molecule has 82 valence electrons. The van der Waals surface area contributed by atoms with E-state index >= 15 is 0 Å². The second-order valence-corrected chi connectivity index (χ2v) is 3.87. The van der Waals surface area contributed by atoms with Crippen LogP contribution in [-0.4, -0.2) is 43.2 Å². The van der Waals surface area contributed by atoms with E-state index in [0.717, 1.165) is 19.4 Å². The van der Waals surface area contributed by atoms with Gasteiger partial charge in [0.2, 0.25) is 5.91 Å². The van der Waals surface area contributed by atoms with E-state index in [-0.39, 0.29) is 18.1 Å². The molecule has 1 aliphatic heterocycles. The average molecular weight is 200 g/mol. The molecule has 2 unspecified atom stereocenters. The first-order chi connectivity index (χ1) is 6.65. The van der Waals surface area contributed by atoms with Gasteiger partial charge in [0.15, 0.2) is 0 Å². The normalized spacial score (nSPS) is 23.5. The van der Waals surface area contributed by atoms with Crippen molar-refractivity contribution in [2.75, 3.05) is 20.2 Å². The van der Waals surface area contributed by atoms with Gasteiger partial charge in [-0.05, 0) is 19.3 Å². The maximum Gasteiger partial charge on any atom is 0.239 e. The molecule has 1 heterocycles. The number of rotatable bonds is 4. The molecule has 4 nitrogen and oxygen atoms in total. The minimum Gasteiger partial charge on any atom is -0.376 e. The van der Waals surface area contributed by atoms with Gasteiger partial charge >= 0.3 is 0 Å². The maximum atomic E-state index is 11.6. The van der Waals surface area contributed by atoms with Crippen molar-refractivity contribution < 1.29 is 9.53 Å². The molecule has 0 aromatic rings. The monoisotopic (exact) mass is 200 g/mol. The van der Waals surface area contributed by atoms with Crippen LogP contribution in [0.2, 0.25) is 0 Å². The third-order valence-corrected chi connectivity index (χ3v) is 2.63. The molecule has 4 heteroatoms. The van der Waals surface area contributed by atoms with Crippen molar-refractivity contribution in [2.24, 2.45) is 5.73 Å². The van der Waals surface area contributed by atoms with Crippen LogP contribution in [0.1, 0.15) is 26.2 Å². The van der Waals surface area contributed by atoms with E-state index < -0.39 is 0 Å². The Morgan fingerprint density at radius 3 is 2.93 bits per heavy atom. The summed E-state index contributed by atoms with van der Waals surface area (Å²) < 4.78 is 5.45. The van der Waals surface area contributed by atoms with E-state index in [9.17, 15) is 4.79 Å². The van der Waals surface area contributed by atoms with Crippen molar-refractivity contribution in [1.29, 1.82) is 0 Å². The molecule has 0 saturated carbocycles. The Morgan fingerprint density at radius 2 is 2.43 bits per heavy atom. The van der Waals surface area contributed by atoms with Crippen LogP contribution in [0.25, 0.3) is 0 Å². The Hall–Kier alpha value is -0.610. The number of hydrogen-bond acceptors (Lipinski definition) is 3. The number of likely N-dealkylation sites (N-methyl/N-ethyl adjacent to an activating group) is 1. The van der Waals surface area contributed by atoms with E-state index in [1.54, 1.807) is 11.9 Å². The van der Waals surface area contributed by atoms with Gasteiger partial charge in [-0.2, -0.15) is 0 Å². The number of nitrogens with two attached hydrogens (primary N) is 1. The minimum absolute atomic E-state index is 0.0167. The van der Waals surface area contributed by atoms with E-state index in [4.69, 9.17) is 10.5 Å². The first kappa shape index (κ1) is 11.5. The van der Waals surface area contributed by atoms with Gasteiger partial charge in [0.1, 0.15) is 0 Å². The average Bonchev–Trinajstić information content (AvgIpc) is 2.68. The molecular weight excluding hydrogens is 180 g/mol. The molecule has 1 saturated heterocycles. The zero-order valence-corrected chi connectivity index (χ0v) is 9.03. The number of nitrogens with zero attached hydrogens (tertiary/aromatic N) is 1. The van der Waals surface area contributed by atoms with Crippen molar-refractivity contribution in [1.82, 2.24) is 4.90 Å². The third-order valence-electron chi connectivity index (χ3n) is 2.63. The number of amides is 1. The summed E-state index contributed by atoms with van der Waals surface area (Å²) in [6, 6.07) is -0.360. The van der Waals surface area contributed by atoms with Crippen LogP contribution in [0.5, 0.6) is 0 Å². The van der Waals surface area contributed by atoms with Gasteiger partial charge in [0.05, 0.1) is 12.1 Å². The second-order valence-electron chi connectivity index (χ2n) is 3.87. The first-order valence-electron chi connectivity index (χ1n) is 5.27. The molecule has 1 fully saturated rings. The molecule has 2 N–H and O–H groups in total. The van der Waals surface area contributed by atoms with E-state index in [1.165, 1.54) is 0 Å². The van der Waals surface area contributed by atoms with Crippen LogP contribution in [-0.2, 0) is 9.53 Å². The Bertz CT molecular complexity index is 191. The largest absolute Gasteiger partial charge is 0.376 e. The summed E-state index contributed by atoms with van der Waals surface area (Å²) in [6.45, 7) is 3.42. The van der Waals surface area contributed by atoms with Crippen LogP contribution < -0.4 is 5.73 Å². The molecule has 2 atom stereocenters. The highest BCUT2D eigenvalue weighted by atomic mass is 16.5. The zero-order chi connectivity index (χ0) is 10.6. The smallest absolute Gasteiger partial charge is 0.239 e. The molecule has 0 aliphatic carbocycles. The van der Waals surface area contributed by atoms with Gasteiger partial charge in [-0.1, -0.05) is 6.92 Å². The third kappa shape index (κ3) is 2.96. The lowest BCUT2D eigenvalue weighted by Gasteiger charge is -2.23. The Morgan fingerprint density at radius 1 is 1.71 bits per heavy atom. The molecule has 0 aromatic carbocycles. The van der Waals surface area contributed by atoms with Crippen LogP contribution in [0.15, 0.2) is 0 Å². The lowest BCUT2D eigenvalue weighted by molar-refractivity contribution is -0.132. The fraction of sp³-hybridized carbons (Fsp3) is 0.900. The van der Waals surface area contributed by atoms with Gasteiger partial charge in [0, 0.05) is 20.2 Å². The van der Waals surface area contributed by atoms with Crippen molar-refractivity contribution in [3.63, 3.8) is 0 Å². The molecule has 14 heavy (non-hydrogen) atoms. The molecule has 0 spiro atoms. The topological polar surface area (TPSA) is 55.6 Å². The van der Waals surface area contributed by atoms with Crippen LogP contribution >= 0.6 is 0 Å². The van der Waals surface area contributed by atoms with Crippen molar-refractivity contribution in [2.45, 2.75) is 38.3 Å². The summed E-state index contributed by atoms with van der Waals surface area (Å²) in [4.78, 5) is 13.3. The van der Waals surface area contributed by atoms with E-state index in [1.807, 2.05) is 6.92 Å². The van der Waals surface area contributed by atoms with Crippen molar-refractivity contribution in [3.8, 4) is 0 Å². The van der Waals surface area contributed by atoms with Gasteiger partial charge < -0.3 is 15.4 Å². The number of ether oxygens (including phenoxy) is 1. The number of carbonyl (C=O) groups excluding carboxylic acids is 1. The fourth-order valence-corrected chi connectivity index (χ4v) is 1.64. The molecular formula is C10H20N2O2. The fourth-order valence-electron chi connectivity index (χ4n) is 1.64. The predicted molar refractivity (Wildman–Crippen MR) is 54.9 cm³/mol. The summed E-state index contributed by atoms with van der Waals surface area (Å²) in [5.41, 5.74) is 5.66. The summed E-state index contributed by atoms with van der Waals surface area (Å²) >= 11 is 0. The molecule has 0 aromatic heterocycles. The lowest BCUT2D eigenvalue weighted by atomic mass is 10.2. The summed E-state index contributed by atoms with van der Waals surface area (Å²) in [7, 11) is 1.79. The number of hydrogen-bond donors (Lipinski definition) is 1. The summed E-state index contributed by atoms with van der Waals surface area (Å²) in [6.07, 6.45) is 3.06. The highest BCUT2D eigenvalue weighted by Crippen LogP contribution is 2.13. The Balaban J connectivity index is 2.32. The van der Waals surface area contributed by atoms with Gasteiger partial charge in [-0.3, -0.25) is 4.79 Å². The van der Waals surface area contributed by atoms with Gasteiger partial charge in [0.25, 0.3) is 0 Å². The van der Waals surface area contributed by atoms with E-state index in [0.29, 0.717) is 13.0 Å². The molecule has 0 bridgehead atoms. The molecule has 1 amide bonds. The second kappa shape index (κ2) is 5.32. The SMILES string of the molecule is CCC(N)C(=O)N(C)CC1CCCO1. The van der Waals surface area contributed by atoms with Crippen molar-refractivity contribution in [3.05, 3.63) is 0 Å². The number of carbonyl (C=O) groups is 1. The highest BCUT2D eigenvalue weighted by molar-refractivity contribution is 5.81. The Labute approximate surface area is 85.4 Å². The van der Waals surface area contributed by atoms with Crippen LogP contribution in [0.4, 0.5) is 0 Å². The highest BCUT2D eigenvalue weighted by Gasteiger charge is 2.22. The standard InChI is InChI=1S/C10H20N2O2/c1-3-9(11)10(13)12(2)7-8-5-4-6-14-8/h8-9H,3-7,11H2,1-2H3. The Kier molecular flexibility index (Phi) is 4.35. The van der Waals surface area contributed by atoms with Gasteiger partial charge in [-0.25, -0.2) is 0 Å². The maximum absolute atomic E-state index is 11.6. The first-order valence-corrected chi connectivity index (χ1v) is 5.27. The summed E-state index contributed by atoms with van der Waals surface area (Å²) in [5.74, 6) is 0.0167. The lowest BCUT2D eigenvalue weighted by Crippen LogP contribution is -2.44. The van der Waals surface area contributed by atoms with E-state index in [2.05, 4.69) is 0 Å². The molecule has 1 aliphatic rings. The van der Waals surface area contributed by atoms with Crippen molar-refractivity contribution >= 4 is 5.91 Å². The summed E-state index contributed by atoms with van der Waals surface area (Å²) in [5, 5.41) is 0. The quantitative estimate of drug-likeness (QED) is 0.713. The van der Waals surface area contributed by atoms with Crippen LogP contribution in [0.3, 0.4) is 0 Å². The zero-order valence-electron chi connectivity index (χ0n) is 9.03. The van der Waals surface area contributed by atoms with Crippen LogP contribution in [0, 0.1) is 0 Å². The molecule has 1 rings (SSSR count).